The van der Waals surface area contributed by atoms with Gasteiger partial charge in [0.05, 0.1) is 0 Å². The first-order valence-corrected chi connectivity index (χ1v) is 7.86. The maximum atomic E-state index is 11.6. The van der Waals surface area contributed by atoms with E-state index in [4.69, 9.17) is 16.3 Å². The second-order valence-corrected chi connectivity index (χ2v) is 5.88. The number of carbonyl (C=O) groups is 1. The normalized spacial score (nSPS) is 10.4. The van der Waals surface area contributed by atoms with E-state index in [2.05, 4.69) is 4.98 Å². The first kappa shape index (κ1) is 14.8. The van der Waals surface area contributed by atoms with Gasteiger partial charge in [-0.05, 0) is 23.7 Å². The molecule has 0 saturated heterocycles. The summed E-state index contributed by atoms with van der Waals surface area (Å²) in [6.45, 7) is 0.209. The largest absolute Gasteiger partial charge is 0.487 e. The molecule has 3 aromatic rings. The number of benzene rings is 2. The molecule has 3 nitrogen and oxygen atoms in total. The van der Waals surface area contributed by atoms with E-state index in [0.29, 0.717) is 10.6 Å². The highest BCUT2D eigenvalue weighted by atomic mass is 35.5. The molecule has 0 radical (unpaired) electrons. The molecule has 1 heterocycles. The molecule has 5 heteroatoms. The highest BCUT2D eigenvalue weighted by Gasteiger charge is 2.17. The van der Waals surface area contributed by atoms with Gasteiger partial charge in [-0.2, -0.15) is 0 Å². The van der Waals surface area contributed by atoms with Crippen molar-refractivity contribution in [1.29, 1.82) is 0 Å². The number of carbonyl (C=O) groups excluding carboxylic acids is 1. The molecule has 0 bridgehead atoms. The number of thiazole rings is 1. The van der Waals surface area contributed by atoms with E-state index < -0.39 is 5.24 Å². The van der Waals surface area contributed by atoms with Gasteiger partial charge in [0, 0.05) is 5.56 Å². The Morgan fingerprint density at radius 3 is 2.32 bits per heavy atom. The van der Waals surface area contributed by atoms with Crippen molar-refractivity contribution in [3.05, 3.63) is 71.2 Å². The summed E-state index contributed by atoms with van der Waals surface area (Å²) in [5.41, 5.74) is 1.52. The number of rotatable bonds is 5. The quantitative estimate of drug-likeness (QED) is 0.633. The lowest BCUT2D eigenvalue weighted by Crippen LogP contribution is -2.00. The second-order valence-electron chi connectivity index (χ2n) is 4.54. The monoisotopic (exact) mass is 329 g/mol. The Bertz CT molecular complexity index is 772. The number of hydrogen-bond donors (Lipinski definition) is 0. The van der Waals surface area contributed by atoms with Crippen molar-refractivity contribution < 1.29 is 9.53 Å². The van der Waals surface area contributed by atoms with Crippen LogP contribution in [0.4, 0.5) is 0 Å². The third-order valence-electron chi connectivity index (χ3n) is 3.02. The van der Waals surface area contributed by atoms with E-state index in [-0.39, 0.29) is 6.61 Å². The van der Waals surface area contributed by atoms with Crippen LogP contribution in [0.5, 0.6) is 5.75 Å². The van der Waals surface area contributed by atoms with E-state index in [1.807, 2.05) is 60.7 Å². The Hall–Kier alpha value is -2.17. The summed E-state index contributed by atoms with van der Waals surface area (Å²) in [4.78, 5) is 16.5. The van der Waals surface area contributed by atoms with Crippen LogP contribution in [0.25, 0.3) is 10.6 Å². The van der Waals surface area contributed by atoms with Crippen molar-refractivity contribution in [2.24, 2.45) is 0 Å². The lowest BCUT2D eigenvalue weighted by Gasteiger charge is -2.04. The summed E-state index contributed by atoms with van der Waals surface area (Å²) in [5.74, 6) is 0.727. The minimum atomic E-state index is -0.508. The number of ether oxygens (including phenoxy) is 1. The standard InChI is InChI=1S/C17H12ClNO2S/c18-16(20)15-14(11-21-13-9-5-2-6-10-13)19-17(22-15)12-7-3-1-4-8-12/h1-10H,11H2. The molecule has 0 aliphatic carbocycles. The van der Waals surface area contributed by atoms with Crippen LogP contribution in [0.3, 0.4) is 0 Å². The maximum Gasteiger partial charge on any atom is 0.264 e. The summed E-state index contributed by atoms with van der Waals surface area (Å²) in [6.07, 6.45) is 0. The van der Waals surface area contributed by atoms with Gasteiger partial charge in [-0.15, -0.1) is 11.3 Å². The molecule has 0 unspecified atom stereocenters. The Balaban J connectivity index is 1.86. The number of aromatic nitrogens is 1. The zero-order valence-electron chi connectivity index (χ0n) is 11.5. The molecule has 110 valence electrons. The predicted molar refractivity (Wildman–Crippen MR) is 88.5 cm³/mol. The molecular formula is C17H12ClNO2S. The van der Waals surface area contributed by atoms with Crippen LogP contribution in [0, 0.1) is 0 Å². The van der Waals surface area contributed by atoms with Gasteiger partial charge < -0.3 is 4.74 Å². The summed E-state index contributed by atoms with van der Waals surface area (Å²) >= 11 is 6.95. The van der Waals surface area contributed by atoms with E-state index in [0.717, 1.165) is 16.3 Å². The molecule has 0 aliphatic heterocycles. The third kappa shape index (κ3) is 3.35. The summed E-state index contributed by atoms with van der Waals surface area (Å²) in [6, 6.07) is 19.1. The highest BCUT2D eigenvalue weighted by Crippen LogP contribution is 2.29. The number of nitrogens with zero attached hydrogens (tertiary/aromatic N) is 1. The van der Waals surface area contributed by atoms with Gasteiger partial charge >= 0.3 is 0 Å². The van der Waals surface area contributed by atoms with E-state index in [1.54, 1.807) is 0 Å². The molecule has 3 rings (SSSR count). The van der Waals surface area contributed by atoms with Crippen molar-refractivity contribution in [2.75, 3.05) is 0 Å². The van der Waals surface area contributed by atoms with Gasteiger partial charge in [-0.3, -0.25) is 4.79 Å². The number of para-hydroxylation sites is 1. The molecule has 0 fully saturated rings. The van der Waals surface area contributed by atoms with E-state index in [1.165, 1.54) is 11.3 Å². The van der Waals surface area contributed by atoms with Gasteiger partial charge in [-0.25, -0.2) is 4.98 Å². The van der Waals surface area contributed by atoms with Crippen LogP contribution < -0.4 is 4.74 Å². The van der Waals surface area contributed by atoms with Crippen molar-refractivity contribution >= 4 is 28.2 Å². The molecule has 2 aromatic carbocycles. The van der Waals surface area contributed by atoms with Gasteiger partial charge in [0.15, 0.2) is 0 Å². The summed E-state index contributed by atoms with van der Waals surface area (Å²) in [7, 11) is 0. The molecule has 0 atom stereocenters. The van der Waals surface area contributed by atoms with Crippen molar-refractivity contribution in [1.82, 2.24) is 4.98 Å². The van der Waals surface area contributed by atoms with Crippen LogP contribution in [-0.4, -0.2) is 10.2 Å². The lowest BCUT2D eigenvalue weighted by molar-refractivity contribution is 0.108. The molecule has 0 spiro atoms. The van der Waals surface area contributed by atoms with E-state index in [9.17, 15) is 4.79 Å². The van der Waals surface area contributed by atoms with Crippen molar-refractivity contribution in [3.8, 4) is 16.3 Å². The molecular weight excluding hydrogens is 318 g/mol. The number of hydrogen-bond acceptors (Lipinski definition) is 4. The van der Waals surface area contributed by atoms with Crippen LogP contribution in [0.1, 0.15) is 15.4 Å². The number of halogens is 1. The molecule has 1 aromatic heterocycles. The van der Waals surface area contributed by atoms with E-state index >= 15 is 0 Å². The molecule has 0 amide bonds. The first-order valence-electron chi connectivity index (χ1n) is 6.67. The fourth-order valence-electron chi connectivity index (χ4n) is 1.98. The van der Waals surface area contributed by atoms with Crippen LogP contribution >= 0.6 is 22.9 Å². The topological polar surface area (TPSA) is 39.2 Å². The maximum absolute atomic E-state index is 11.6. The Kier molecular flexibility index (Phi) is 4.51. The fraction of sp³-hybridized carbons (Fsp3) is 0.0588. The van der Waals surface area contributed by atoms with Crippen molar-refractivity contribution in [3.63, 3.8) is 0 Å². The smallest absolute Gasteiger partial charge is 0.264 e. The van der Waals surface area contributed by atoms with Crippen LogP contribution in [0.15, 0.2) is 60.7 Å². The summed E-state index contributed by atoms with van der Waals surface area (Å²) in [5, 5.41) is 0.252. The average Bonchev–Trinajstić information content (AvgIpc) is 2.99. The third-order valence-corrected chi connectivity index (χ3v) is 4.46. The summed E-state index contributed by atoms with van der Waals surface area (Å²) < 4.78 is 5.67. The zero-order chi connectivity index (χ0) is 15.4. The minimum Gasteiger partial charge on any atom is -0.487 e. The first-order chi connectivity index (χ1) is 10.7. The van der Waals surface area contributed by atoms with Gasteiger partial charge in [0.25, 0.3) is 5.24 Å². The average molecular weight is 330 g/mol. The van der Waals surface area contributed by atoms with Crippen LogP contribution in [0.2, 0.25) is 0 Å². The lowest BCUT2D eigenvalue weighted by atomic mass is 10.2. The predicted octanol–water partition coefficient (Wildman–Crippen LogP) is 4.77. The van der Waals surface area contributed by atoms with Gasteiger partial charge in [0.1, 0.15) is 27.9 Å². The molecule has 0 aliphatic rings. The minimum absolute atomic E-state index is 0.209. The highest BCUT2D eigenvalue weighted by molar-refractivity contribution is 7.18. The molecule has 0 N–H and O–H groups in total. The van der Waals surface area contributed by atoms with Crippen molar-refractivity contribution in [2.45, 2.75) is 6.61 Å². The van der Waals surface area contributed by atoms with Gasteiger partial charge in [0.2, 0.25) is 0 Å². The van der Waals surface area contributed by atoms with Crippen LogP contribution in [-0.2, 0) is 6.61 Å². The fourth-order valence-corrected chi connectivity index (χ4v) is 3.11. The Morgan fingerprint density at radius 2 is 1.68 bits per heavy atom. The zero-order valence-corrected chi connectivity index (χ0v) is 13.1. The molecule has 22 heavy (non-hydrogen) atoms. The van der Waals surface area contributed by atoms with Gasteiger partial charge in [-0.1, -0.05) is 48.5 Å². The second kappa shape index (κ2) is 6.73. The molecule has 0 saturated carbocycles. The Morgan fingerprint density at radius 1 is 1.05 bits per heavy atom. The SMILES string of the molecule is O=C(Cl)c1sc(-c2ccccc2)nc1COc1ccccc1. The Labute approximate surface area is 137 Å².